The highest BCUT2D eigenvalue weighted by Gasteiger charge is 2.10. The number of nitrogens with one attached hydrogen (secondary N) is 1. The maximum absolute atomic E-state index is 12.1. The molecule has 0 spiro atoms. The van der Waals surface area contributed by atoms with Crippen molar-refractivity contribution in [3.8, 4) is 0 Å². The van der Waals surface area contributed by atoms with E-state index in [1.54, 1.807) is 13.0 Å². The van der Waals surface area contributed by atoms with Gasteiger partial charge in [0.2, 0.25) is 0 Å². The number of carbonyl (C=O) groups excluding carboxylic acids is 1. The van der Waals surface area contributed by atoms with Crippen LogP contribution in [0.15, 0.2) is 36.5 Å². The van der Waals surface area contributed by atoms with Gasteiger partial charge in [0, 0.05) is 6.54 Å². The van der Waals surface area contributed by atoms with Crippen molar-refractivity contribution in [2.75, 3.05) is 5.73 Å². The van der Waals surface area contributed by atoms with Crippen LogP contribution in [0.25, 0.3) is 0 Å². The number of hydrogen-bond donors (Lipinski definition) is 3. The Kier molecular flexibility index (Phi) is 4.32. The number of nitrogen functional groups attached to an aromatic ring is 1. The highest BCUT2D eigenvalue weighted by molar-refractivity contribution is 5.95. The molecule has 1 aromatic carbocycles. The van der Waals surface area contributed by atoms with E-state index in [4.69, 9.17) is 10.8 Å². The van der Waals surface area contributed by atoms with Crippen molar-refractivity contribution in [3.05, 3.63) is 58.9 Å². The van der Waals surface area contributed by atoms with E-state index in [2.05, 4.69) is 10.3 Å². The van der Waals surface area contributed by atoms with Crippen LogP contribution in [-0.4, -0.2) is 16.0 Å². The van der Waals surface area contributed by atoms with Gasteiger partial charge in [-0.05, 0) is 24.1 Å². The summed E-state index contributed by atoms with van der Waals surface area (Å²) in [6.45, 7) is 2.20. The van der Waals surface area contributed by atoms with E-state index in [0.717, 1.165) is 11.1 Å². The number of benzene rings is 1. The molecule has 5 nitrogen and oxygen atoms in total. The molecule has 0 saturated carbocycles. The molecular formula is C15H17N3O2. The average molecular weight is 271 g/mol. The first-order chi connectivity index (χ1) is 9.60. The molecule has 2 rings (SSSR count). The fourth-order valence-corrected chi connectivity index (χ4v) is 1.82. The van der Waals surface area contributed by atoms with Gasteiger partial charge in [-0.25, -0.2) is 0 Å². The molecule has 5 heteroatoms. The SMILES string of the molecule is Cc1ncc(N)cc1C(=O)NCc1ccc(CO)cc1. The maximum Gasteiger partial charge on any atom is 0.253 e. The molecule has 0 aliphatic rings. The molecule has 0 aliphatic heterocycles. The molecule has 0 saturated heterocycles. The Bertz CT molecular complexity index is 609. The second kappa shape index (κ2) is 6.16. The average Bonchev–Trinajstić information content (AvgIpc) is 2.47. The number of rotatable bonds is 4. The van der Waals surface area contributed by atoms with Crippen LogP contribution in [0.3, 0.4) is 0 Å². The number of hydrogen-bond acceptors (Lipinski definition) is 4. The molecule has 1 aromatic heterocycles. The van der Waals surface area contributed by atoms with Crippen LogP contribution >= 0.6 is 0 Å². The lowest BCUT2D eigenvalue weighted by molar-refractivity contribution is 0.0950. The van der Waals surface area contributed by atoms with Gasteiger partial charge < -0.3 is 16.2 Å². The van der Waals surface area contributed by atoms with E-state index in [1.165, 1.54) is 6.20 Å². The van der Waals surface area contributed by atoms with Crippen molar-refractivity contribution in [3.63, 3.8) is 0 Å². The maximum atomic E-state index is 12.1. The van der Waals surface area contributed by atoms with Gasteiger partial charge in [0.05, 0.1) is 29.7 Å². The molecular weight excluding hydrogens is 254 g/mol. The lowest BCUT2D eigenvalue weighted by atomic mass is 10.1. The predicted molar refractivity (Wildman–Crippen MR) is 76.9 cm³/mol. The lowest BCUT2D eigenvalue weighted by Crippen LogP contribution is -2.24. The Morgan fingerprint density at radius 1 is 1.30 bits per heavy atom. The zero-order valence-electron chi connectivity index (χ0n) is 11.3. The third-order valence-electron chi connectivity index (χ3n) is 3.01. The molecule has 2 aromatic rings. The fourth-order valence-electron chi connectivity index (χ4n) is 1.82. The van der Waals surface area contributed by atoms with E-state index < -0.39 is 0 Å². The standard InChI is InChI=1S/C15H17N3O2/c1-10-14(6-13(16)8-17-10)15(20)18-7-11-2-4-12(9-19)5-3-11/h2-6,8,19H,7,9,16H2,1H3,(H,18,20). The number of aromatic nitrogens is 1. The van der Waals surface area contributed by atoms with E-state index in [1.807, 2.05) is 24.3 Å². The number of amides is 1. The van der Waals surface area contributed by atoms with Crippen LogP contribution in [0.4, 0.5) is 5.69 Å². The van der Waals surface area contributed by atoms with Gasteiger partial charge in [-0.3, -0.25) is 9.78 Å². The Morgan fingerprint density at radius 2 is 1.95 bits per heavy atom. The summed E-state index contributed by atoms with van der Waals surface area (Å²) >= 11 is 0. The predicted octanol–water partition coefficient (Wildman–Crippen LogP) is 1.39. The summed E-state index contributed by atoms with van der Waals surface area (Å²) in [5.74, 6) is -0.200. The molecule has 0 aliphatic carbocycles. The monoisotopic (exact) mass is 271 g/mol. The minimum atomic E-state index is -0.200. The molecule has 0 atom stereocenters. The van der Waals surface area contributed by atoms with E-state index in [-0.39, 0.29) is 12.5 Å². The van der Waals surface area contributed by atoms with Crippen molar-refractivity contribution in [1.82, 2.24) is 10.3 Å². The first-order valence-corrected chi connectivity index (χ1v) is 6.29. The first kappa shape index (κ1) is 14.0. The number of aliphatic hydroxyl groups is 1. The normalized spacial score (nSPS) is 10.3. The van der Waals surface area contributed by atoms with Gasteiger partial charge in [-0.1, -0.05) is 24.3 Å². The Hall–Kier alpha value is -2.40. The minimum Gasteiger partial charge on any atom is -0.397 e. The Labute approximate surface area is 117 Å². The molecule has 0 bridgehead atoms. The first-order valence-electron chi connectivity index (χ1n) is 6.29. The smallest absolute Gasteiger partial charge is 0.253 e. The van der Waals surface area contributed by atoms with E-state index in [0.29, 0.717) is 23.5 Å². The Balaban J connectivity index is 2.02. The summed E-state index contributed by atoms with van der Waals surface area (Å²) < 4.78 is 0. The van der Waals surface area contributed by atoms with Crippen LogP contribution < -0.4 is 11.1 Å². The quantitative estimate of drug-likeness (QED) is 0.784. The molecule has 4 N–H and O–H groups in total. The molecule has 1 heterocycles. The third kappa shape index (κ3) is 3.33. The molecule has 0 fully saturated rings. The lowest BCUT2D eigenvalue weighted by Gasteiger charge is -2.08. The summed E-state index contributed by atoms with van der Waals surface area (Å²) in [5.41, 5.74) is 9.04. The van der Waals surface area contributed by atoms with Gasteiger partial charge in [-0.15, -0.1) is 0 Å². The van der Waals surface area contributed by atoms with Gasteiger partial charge in [-0.2, -0.15) is 0 Å². The number of pyridine rings is 1. The van der Waals surface area contributed by atoms with Crippen LogP contribution in [0.1, 0.15) is 27.2 Å². The van der Waals surface area contributed by atoms with Crippen LogP contribution in [0.2, 0.25) is 0 Å². The summed E-state index contributed by atoms with van der Waals surface area (Å²) in [4.78, 5) is 16.1. The second-order valence-electron chi connectivity index (χ2n) is 4.56. The topological polar surface area (TPSA) is 88.2 Å². The number of nitrogens with zero attached hydrogens (tertiary/aromatic N) is 1. The summed E-state index contributed by atoms with van der Waals surface area (Å²) in [6.07, 6.45) is 1.53. The fraction of sp³-hybridized carbons (Fsp3) is 0.200. The third-order valence-corrected chi connectivity index (χ3v) is 3.01. The zero-order valence-corrected chi connectivity index (χ0v) is 11.3. The number of aliphatic hydroxyl groups excluding tert-OH is 1. The largest absolute Gasteiger partial charge is 0.397 e. The molecule has 20 heavy (non-hydrogen) atoms. The van der Waals surface area contributed by atoms with Gasteiger partial charge in [0.15, 0.2) is 0 Å². The Morgan fingerprint density at radius 3 is 2.60 bits per heavy atom. The number of nitrogens with two attached hydrogens (primary N) is 1. The number of aryl methyl sites for hydroxylation is 1. The summed E-state index contributed by atoms with van der Waals surface area (Å²) in [5, 5.41) is 11.8. The van der Waals surface area contributed by atoms with E-state index in [9.17, 15) is 4.79 Å². The van der Waals surface area contributed by atoms with Crippen molar-refractivity contribution in [1.29, 1.82) is 0 Å². The van der Waals surface area contributed by atoms with Crippen LogP contribution in [0, 0.1) is 6.92 Å². The minimum absolute atomic E-state index is 0.0147. The number of anilines is 1. The van der Waals surface area contributed by atoms with Crippen molar-refractivity contribution in [2.24, 2.45) is 0 Å². The van der Waals surface area contributed by atoms with Crippen molar-refractivity contribution in [2.45, 2.75) is 20.1 Å². The number of carbonyl (C=O) groups is 1. The van der Waals surface area contributed by atoms with Crippen LogP contribution in [-0.2, 0) is 13.2 Å². The van der Waals surface area contributed by atoms with Crippen molar-refractivity contribution < 1.29 is 9.90 Å². The van der Waals surface area contributed by atoms with Crippen molar-refractivity contribution >= 4 is 11.6 Å². The zero-order chi connectivity index (χ0) is 14.5. The highest BCUT2D eigenvalue weighted by Crippen LogP contribution is 2.10. The van der Waals surface area contributed by atoms with Crippen LogP contribution in [0.5, 0.6) is 0 Å². The summed E-state index contributed by atoms with van der Waals surface area (Å²) in [7, 11) is 0. The second-order valence-corrected chi connectivity index (χ2v) is 4.56. The van der Waals surface area contributed by atoms with Gasteiger partial charge in [0.1, 0.15) is 0 Å². The highest BCUT2D eigenvalue weighted by atomic mass is 16.3. The molecule has 0 radical (unpaired) electrons. The summed E-state index contributed by atoms with van der Waals surface area (Å²) in [6, 6.07) is 9.02. The van der Waals surface area contributed by atoms with E-state index >= 15 is 0 Å². The molecule has 1 amide bonds. The van der Waals surface area contributed by atoms with Gasteiger partial charge >= 0.3 is 0 Å². The molecule has 104 valence electrons. The van der Waals surface area contributed by atoms with Gasteiger partial charge in [0.25, 0.3) is 5.91 Å². The molecule has 0 unspecified atom stereocenters.